The van der Waals surface area contributed by atoms with Gasteiger partial charge in [-0.3, -0.25) is 0 Å². The first-order chi connectivity index (χ1) is 13.7. The number of hydrogen-bond donors (Lipinski definition) is 0. The zero-order valence-electron chi connectivity index (χ0n) is 16.8. The monoisotopic (exact) mass is 431 g/mol. The summed E-state index contributed by atoms with van der Waals surface area (Å²) in [5.74, 6) is 0.984. The van der Waals surface area contributed by atoms with Gasteiger partial charge in [0, 0.05) is 13.1 Å². The van der Waals surface area contributed by atoms with Crippen LogP contribution in [0.2, 0.25) is 0 Å². The smallest absolute Gasteiger partial charge is 0.243 e. The number of nitrogens with zero attached hydrogens (tertiary/aromatic N) is 3. The van der Waals surface area contributed by atoms with E-state index in [0.29, 0.717) is 29.7 Å². The summed E-state index contributed by atoms with van der Waals surface area (Å²) < 4.78 is 33.4. The zero-order valence-corrected chi connectivity index (χ0v) is 18.5. The fraction of sp³-hybridized carbons (Fsp3) is 0.429. The molecule has 0 aliphatic carbocycles. The second-order valence-corrected chi connectivity index (χ2v) is 11.3. The number of aromatic nitrogens is 2. The molecule has 0 N–H and O–H groups in total. The molecule has 8 heteroatoms. The molecule has 0 spiro atoms. The van der Waals surface area contributed by atoms with Crippen molar-refractivity contribution in [3.63, 3.8) is 0 Å². The molecule has 1 saturated heterocycles. The van der Waals surface area contributed by atoms with E-state index >= 15 is 0 Å². The highest BCUT2D eigenvalue weighted by Crippen LogP contribution is 2.32. The fourth-order valence-corrected chi connectivity index (χ4v) is 5.72. The maximum Gasteiger partial charge on any atom is 0.243 e. The molecule has 1 aliphatic rings. The lowest BCUT2D eigenvalue weighted by Crippen LogP contribution is -2.39. The topological polar surface area (TPSA) is 76.3 Å². The Hall–Kier alpha value is -2.03. The highest BCUT2D eigenvalue weighted by atomic mass is 32.2. The number of piperidine rings is 1. The molecule has 154 valence electrons. The van der Waals surface area contributed by atoms with Gasteiger partial charge in [0.1, 0.15) is 0 Å². The standard InChI is InChI=1S/C21H25N3O3S2/c1-21(2,3)16-8-10-17(11-9-16)29(25,26)24-12-4-6-15(14-24)20-22-19(23-27-20)18-7-5-13-28-18/h5,7-11,13,15H,4,6,12,14H2,1-3H3. The molecule has 3 aromatic rings. The van der Waals surface area contributed by atoms with Gasteiger partial charge in [-0.05, 0) is 47.4 Å². The first-order valence-electron chi connectivity index (χ1n) is 9.73. The van der Waals surface area contributed by atoms with E-state index < -0.39 is 10.0 Å². The normalized spacial score (nSPS) is 18.8. The van der Waals surface area contributed by atoms with Crippen LogP contribution in [0.1, 0.15) is 51.0 Å². The average Bonchev–Trinajstić information content (AvgIpc) is 3.39. The summed E-state index contributed by atoms with van der Waals surface area (Å²) >= 11 is 1.55. The Morgan fingerprint density at radius 3 is 2.59 bits per heavy atom. The summed E-state index contributed by atoms with van der Waals surface area (Å²) in [5, 5.41) is 6.03. The first kappa shape index (κ1) is 20.3. The van der Waals surface area contributed by atoms with Gasteiger partial charge in [0.05, 0.1) is 15.7 Å². The molecule has 0 radical (unpaired) electrons. The third kappa shape index (κ3) is 4.15. The predicted octanol–water partition coefficient (Wildman–Crippen LogP) is 4.66. The van der Waals surface area contributed by atoms with Crippen LogP contribution >= 0.6 is 11.3 Å². The molecule has 4 rings (SSSR count). The summed E-state index contributed by atoms with van der Waals surface area (Å²) in [5.41, 5.74) is 1.09. The van der Waals surface area contributed by atoms with E-state index in [9.17, 15) is 8.42 Å². The first-order valence-corrected chi connectivity index (χ1v) is 12.1. The third-order valence-corrected chi connectivity index (χ3v) is 8.02. The summed E-state index contributed by atoms with van der Waals surface area (Å²) in [6.45, 7) is 7.20. The summed E-state index contributed by atoms with van der Waals surface area (Å²) in [4.78, 5) is 5.79. The van der Waals surface area contributed by atoms with Crippen LogP contribution in [0.15, 0.2) is 51.2 Å². The maximum absolute atomic E-state index is 13.2. The molecule has 3 heterocycles. The lowest BCUT2D eigenvalue weighted by atomic mass is 9.87. The molecular formula is C21H25N3O3S2. The predicted molar refractivity (Wildman–Crippen MR) is 113 cm³/mol. The minimum Gasteiger partial charge on any atom is -0.339 e. The van der Waals surface area contributed by atoms with E-state index in [1.807, 2.05) is 29.6 Å². The van der Waals surface area contributed by atoms with Crippen LogP contribution in [0.4, 0.5) is 0 Å². The van der Waals surface area contributed by atoms with E-state index in [1.54, 1.807) is 27.8 Å². The quantitative estimate of drug-likeness (QED) is 0.600. The van der Waals surface area contributed by atoms with Crippen molar-refractivity contribution in [3.05, 3.63) is 53.2 Å². The number of hydrogen-bond acceptors (Lipinski definition) is 6. The van der Waals surface area contributed by atoms with Crippen molar-refractivity contribution in [2.75, 3.05) is 13.1 Å². The summed E-state index contributed by atoms with van der Waals surface area (Å²) in [6, 6.07) is 11.1. The van der Waals surface area contributed by atoms with Gasteiger partial charge in [-0.2, -0.15) is 9.29 Å². The minimum absolute atomic E-state index is 0.0171. The van der Waals surface area contributed by atoms with Crippen molar-refractivity contribution in [3.8, 4) is 10.7 Å². The molecule has 29 heavy (non-hydrogen) atoms. The van der Waals surface area contributed by atoms with Crippen molar-refractivity contribution < 1.29 is 12.9 Å². The number of rotatable bonds is 4. The van der Waals surface area contributed by atoms with Gasteiger partial charge in [-0.15, -0.1) is 11.3 Å². The van der Waals surface area contributed by atoms with Crippen molar-refractivity contribution in [1.82, 2.24) is 14.4 Å². The highest BCUT2D eigenvalue weighted by molar-refractivity contribution is 7.89. The number of sulfonamides is 1. The molecule has 0 saturated carbocycles. The Labute approximate surface area is 175 Å². The van der Waals surface area contributed by atoms with Gasteiger partial charge in [0.25, 0.3) is 0 Å². The van der Waals surface area contributed by atoms with E-state index in [-0.39, 0.29) is 11.3 Å². The molecule has 1 atom stereocenters. The second kappa shape index (κ2) is 7.66. The molecule has 1 fully saturated rings. The Morgan fingerprint density at radius 2 is 1.93 bits per heavy atom. The van der Waals surface area contributed by atoms with Crippen LogP contribution < -0.4 is 0 Å². The lowest BCUT2D eigenvalue weighted by Gasteiger charge is -2.30. The van der Waals surface area contributed by atoms with Gasteiger partial charge in [0.15, 0.2) is 0 Å². The van der Waals surface area contributed by atoms with Crippen LogP contribution in [0, 0.1) is 0 Å². The Kier molecular flexibility index (Phi) is 5.35. The van der Waals surface area contributed by atoms with E-state index in [0.717, 1.165) is 23.3 Å². The third-order valence-electron chi connectivity index (χ3n) is 5.27. The van der Waals surface area contributed by atoms with Crippen molar-refractivity contribution >= 4 is 21.4 Å². The SMILES string of the molecule is CC(C)(C)c1ccc(S(=O)(=O)N2CCCC(c3nc(-c4cccs4)no3)C2)cc1. The van der Waals surface area contributed by atoms with Crippen LogP contribution in [-0.2, 0) is 15.4 Å². The summed E-state index contributed by atoms with van der Waals surface area (Å²) in [7, 11) is -3.56. The molecule has 0 amide bonds. The van der Waals surface area contributed by atoms with Crippen LogP contribution in [-0.4, -0.2) is 36.0 Å². The Balaban J connectivity index is 1.53. The molecule has 1 aliphatic heterocycles. The van der Waals surface area contributed by atoms with Crippen LogP contribution in [0.25, 0.3) is 10.7 Å². The average molecular weight is 432 g/mol. The lowest BCUT2D eigenvalue weighted by molar-refractivity contribution is 0.265. The van der Waals surface area contributed by atoms with Gasteiger partial charge >= 0.3 is 0 Å². The Bertz CT molecular complexity index is 1070. The number of thiophene rings is 1. The van der Waals surface area contributed by atoms with Crippen molar-refractivity contribution in [1.29, 1.82) is 0 Å². The molecule has 1 unspecified atom stereocenters. The molecular weight excluding hydrogens is 406 g/mol. The maximum atomic E-state index is 13.2. The fourth-order valence-electron chi connectivity index (χ4n) is 3.55. The minimum atomic E-state index is -3.56. The van der Waals surface area contributed by atoms with Crippen LogP contribution in [0.5, 0.6) is 0 Å². The van der Waals surface area contributed by atoms with E-state index in [1.165, 1.54) is 0 Å². The zero-order chi connectivity index (χ0) is 20.6. The van der Waals surface area contributed by atoms with Crippen LogP contribution in [0.3, 0.4) is 0 Å². The molecule has 0 bridgehead atoms. The number of benzene rings is 1. The highest BCUT2D eigenvalue weighted by Gasteiger charge is 2.33. The van der Waals surface area contributed by atoms with Gasteiger partial charge < -0.3 is 4.52 Å². The molecule has 1 aromatic carbocycles. The van der Waals surface area contributed by atoms with Crippen molar-refractivity contribution in [2.24, 2.45) is 0 Å². The van der Waals surface area contributed by atoms with E-state index in [4.69, 9.17) is 4.52 Å². The van der Waals surface area contributed by atoms with Gasteiger partial charge in [-0.25, -0.2) is 8.42 Å². The Morgan fingerprint density at radius 1 is 1.17 bits per heavy atom. The molecule has 6 nitrogen and oxygen atoms in total. The second-order valence-electron chi connectivity index (χ2n) is 8.41. The van der Waals surface area contributed by atoms with Gasteiger partial charge in [-0.1, -0.05) is 44.1 Å². The summed E-state index contributed by atoms with van der Waals surface area (Å²) in [6.07, 6.45) is 1.60. The van der Waals surface area contributed by atoms with Crippen molar-refractivity contribution in [2.45, 2.75) is 49.8 Å². The van der Waals surface area contributed by atoms with Gasteiger partial charge in [0.2, 0.25) is 21.7 Å². The largest absolute Gasteiger partial charge is 0.339 e. The molecule has 2 aromatic heterocycles. The van der Waals surface area contributed by atoms with E-state index in [2.05, 4.69) is 30.9 Å².